The van der Waals surface area contributed by atoms with Gasteiger partial charge in [-0.3, -0.25) is 9.78 Å². The second kappa shape index (κ2) is 8.83. The van der Waals surface area contributed by atoms with Crippen LogP contribution in [0.4, 0.5) is 5.69 Å². The van der Waals surface area contributed by atoms with Crippen LogP contribution in [0.3, 0.4) is 0 Å². The number of nitrogens with one attached hydrogen (secondary N) is 1. The fourth-order valence-corrected chi connectivity index (χ4v) is 4.53. The van der Waals surface area contributed by atoms with Gasteiger partial charge in [-0.05, 0) is 67.4 Å². The third-order valence-electron chi connectivity index (χ3n) is 6.18. The second-order valence-electron chi connectivity index (χ2n) is 8.22. The molecular weight excluding hydrogens is 400 g/mol. The lowest BCUT2D eigenvalue weighted by molar-refractivity contribution is 0.102. The highest BCUT2D eigenvalue weighted by Crippen LogP contribution is 2.36. The van der Waals surface area contributed by atoms with Crippen LogP contribution in [0.25, 0.3) is 22.4 Å². The fraction of sp³-hybridized carbons (Fsp3) is 0.269. The van der Waals surface area contributed by atoms with Gasteiger partial charge in [0.05, 0.1) is 18.1 Å². The Morgan fingerprint density at radius 1 is 1.00 bits per heavy atom. The second-order valence-corrected chi connectivity index (χ2v) is 8.22. The van der Waals surface area contributed by atoms with Crippen molar-refractivity contribution in [2.24, 2.45) is 0 Å². The Bertz CT molecular complexity index is 1230. The van der Waals surface area contributed by atoms with Crippen molar-refractivity contribution in [3.8, 4) is 17.1 Å². The molecule has 6 heteroatoms. The van der Waals surface area contributed by atoms with Gasteiger partial charge in [0.15, 0.2) is 0 Å². The number of rotatable bonds is 5. The molecule has 0 unspecified atom stereocenters. The quantitative estimate of drug-likeness (QED) is 0.434. The zero-order valence-corrected chi connectivity index (χ0v) is 18.1. The van der Waals surface area contributed by atoms with Gasteiger partial charge in [0, 0.05) is 35.2 Å². The number of carbonyl (C=O) groups excluding carboxylic acids is 1. The number of benzene rings is 2. The van der Waals surface area contributed by atoms with Gasteiger partial charge in [0.2, 0.25) is 0 Å². The summed E-state index contributed by atoms with van der Waals surface area (Å²) in [5.74, 6) is 1.61. The number of hydrogen-bond donors (Lipinski definition) is 1. The van der Waals surface area contributed by atoms with Crippen molar-refractivity contribution in [2.45, 2.75) is 38.1 Å². The molecule has 0 aliphatic heterocycles. The molecule has 2 heterocycles. The minimum absolute atomic E-state index is 0.156. The molecule has 0 bridgehead atoms. The van der Waals surface area contributed by atoms with Crippen molar-refractivity contribution in [1.29, 1.82) is 0 Å². The first-order valence-corrected chi connectivity index (χ1v) is 11.1. The van der Waals surface area contributed by atoms with E-state index in [1.54, 1.807) is 31.6 Å². The average molecular weight is 427 g/mol. The summed E-state index contributed by atoms with van der Waals surface area (Å²) >= 11 is 0. The third kappa shape index (κ3) is 3.96. The van der Waals surface area contributed by atoms with Crippen molar-refractivity contribution >= 4 is 22.6 Å². The maximum atomic E-state index is 12.8. The largest absolute Gasteiger partial charge is 0.497 e. The average Bonchev–Trinajstić information content (AvgIpc) is 3.24. The van der Waals surface area contributed by atoms with Crippen LogP contribution in [-0.4, -0.2) is 27.6 Å². The summed E-state index contributed by atoms with van der Waals surface area (Å²) in [5, 5.41) is 2.92. The number of imidazole rings is 1. The zero-order valence-electron chi connectivity index (χ0n) is 18.1. The van der Waals surface area contributed by atoms with Gasteiger partial charge >= 0.3 is 0 Å². The first-order valence-electron chi connectivity index (χ1n) is 11.1. The smallest absolute Gasteiger partial charge is 0.255 e. The van der Waals surface area contributed by atoms with Crippen LogP contribution in [-0.2, 0) is 0 Å². The van der Waals surface area contributed by atoms with Crippen molar-refractivity contribution in [3.63, 3.8) is 0 Å². The molecule has 1 aliphatic rings. The number of carbonyl (C=O) groups is 1. The highest BCUT2D eigenvalue weighted by molar-refractivity contribution is 6.06. The number of fused-ring (bicyclic) bond motifs is 1. The lowest BCUT2D eigenvalue weighted by Gasteiger charge is -2.25. The number of aromatic nitrogens is 3. The van der Waals surface area contributed by atoms with E-state index in [4.69, 9.17) is 9.72 Å². The molecule has 2 aromatic carbocycles. The molecule has 1 fully saturated rings. The molecule has 162 valence electrons. The summed E-state index contributed by atoms with van der Waals surface area (Å²) in [4.78, 5) is 21.8. The summed E-state index contributed by atoms with van der Waals surface area (Å²) in [7, 11) is 1.67. The normalized spacial score (nSPS) is 14.4. The van der Waals surface area contributed by atoms with E-state index < -0.39 is 0 Å². The molecule has 1 amide bonds. The standard InChI is InChI=1S/C26H26N4O2/c1-32-22-10-7-18(8-11-22)25-29-23-17-19(26(31)28-20-13-15-27-16-14-20)9-12-24(23)30(25)21-5-3-2-4-6-21/h7-17,21H,2-6H2,1H3,(H,27,28,31). The SMILES string of the molecule is COc1ccc(-c2nc3cc(C(=O)Nc4ccncc4)ccc3n2C2CCCCC2)cc1. The van der Waals surface area contributed by atoms with Crippen molar-refractivity contribution < 1.29 is 9.53 Å². The van der Waals surface area contributed by atoms with Crippen molar-refractivity contribution in [2.75, 3.05) is 12.4 Å². The first-order chi connectivity index (χ1) is 15.7. The summed E-state index contributed by atoms with van der Waals surface area (Å²) in [5.41, 5.74) is 4.27. The fourth-order valence-electron chi connectivity index (χ4n) is 4.53. The van der Waals surface area contributed by atoms with E-state index in [9.17, 15) is 4.79 Å². The summed E-state index contributed by atoms with van der Waals surface area (Å²) < 4.78 is 7.70. The molecule has 0 spiro atoms. The van der Waals surface area contributed by atoms with E-state index in [-0.39, 0.29) is 5.91 Å². The number of methoxy groups -OCH3 is 1. The minimum Gasteiger partial charge on any atom is -0.497 e. The Morgan fingerprint density at radius 3 is 2.47 bits per heavy atom. The van der Waals surface area contributed by atoms with E-state index in [1.165, 1.54) is 19.3 Å². The third-order valence-corrected chi connectivity index (χ3v) is 6.18. The van der Waals surface area contributed by atoms with Crippen LogP contribution in [0.1, 0.15) is 48.5 Å². The van der Waals surface area contributed by atoms with E-state index in [2.05, 4.69) is 27.0 Å². The van der Waals surface area contributed by atoms with Gasteiger partial charge in [-0.25, -0.2) is 4.98 Å². The zero-order chi connectivity index (χ0) is 21.9. The maximum Gasteiger partial charge on any atom is 0.255 e. The summed E-state index contributed by atoms with van der Waals surface area (Å²) in [6, 6.07) is 17.8. The Kier molecular flexibility index (Phi) is 5.58. The molecule has 1 N–H and O–H groups in total. The molecule has 6 nitrogen and oxygen atoms in total. The maximum absolute atomic E-state index is 12.8. The summed E-state index contributed by atoms with van der Waals surface area (Å²) in [6.45, 7) is 0. The molecule has 4 aromatic rings. The molecule has 1 saturated carbocycles. The molecule has 0 saturated heterocycles. The summed E-state index contributed by atoms with van der Waals surface area (Å²) in [6.07, 6.45) is 9.38. The molecule has 2 aromatic heterocycles. The van der Waals surface area contributed by atoms with Crippen molar-refractivity contribution in [3.05, 3.63) is 72.6 Å². The van der Waals surface area contributed by atoms with E-state index in [0.717, 1.165) is 46.7 Å². The molecular formula is C26H26N4O2. The van der Waals surface area contributed by atoms with Crippen LogP contribution < -0.4 is 10.1 Å². The van der Waals surface area contributed by atoms with Crippen LogP contribution in [0.15, 0.2) is 67.0 Å². The molecule has 32 heavy (non-hydrogen) atoms. The van der Waals surface area contributed by atoms with Gasteiger partial charge < -0.3 is 14.6 Å². The Labute approximate surface area is 187 Å². The highest BCUT2D eigenvalue weighted by Gasteiger charge is 2.23. The van der Waals surface area contributed by atoms with E-state index >= 15 is 0 Å². The van der Waals surface area contributed by atoms with Gasteiger partial charge in [-0.2, -0.15) is 0 Å². The van der Waals surface area contributed by atoms with Gasteiger partial charge in [-0.1, -0.05) is 19.3 Å². The molecule has 0 atom stereocenters. The lowest BCUT2D eigenvalue weighted by Crippen LogP contribution is -2.14. The van der Waals surface area contributed by atoms with Gasteiger partial charge in [0.25, 0.3) is 5.91 Å². The molecule has 5 rings (SSSR count). The van der Waals surface area contributed by atoms with Gasteiger partial charge in [0.1, 0.15) is 11.6 Å². The van der Waals surface area contributed by atoms with Crippen LogP contribution in [0, 0.1) is 0 Å². The Hall–Kier alpha value is -3.67. The van der Waals surface area contributed by atoms with Crippen LogP contribution >= 0.6 is 0 Å². The minimum atomic E-state index is -0.156. The Morgan fingerprint density at radius 2 is 1.75 bits per heavy atom. The number of nitrogens with zero attached hydrogens (tertiary/aromatic N) is 3. The predicted molar refractivity (Wildman–Crippen MR) is 126 cm³/mol. The molecule has 1 aliphatic carbocycles. The van der Waals surface area contributed by atoms with E-state index in [1.807, 2.05) is 30.3 Å². The monoisotopic (exact) mass is 426 g/mol. The van der Waals surface area contributed by atoms with Crippen LogP contribution in [0.2, 0.25) is 0 Å². The van der Waals surface area contributed by atoms with Crippen LogP contribution in [0.5, 0.6) is 5.75 Å². The number of amides is 1. The lowest BCUT2D eigenvalue weighted by atomic mass is 9.95. The topological polar surface area (TPSA) is 69.0 Å². The Balaban J connectivity index is 1.56. The molecule has 0 radical (unpaired) electrons. The number of pyridine rings is 1. The number of anilines is 1. The van der Waals surface area contributed by atoms with E-state index in [0.29, 0.717) is 11.6 Å². The van der Waals surface area contributed by atoms with Crippen molar-refractivity contribution in [1.82, 2.24) is 14.5 Å². The first kappa shape index (κ1) is 20.2. The highest BCUT2D eigenvalue weighted by atomic mass is 16.5. The van der Waals surface area contributed by atoms with Gasteiger partial charge in [-0.15, -0.1) is 0 Å². The predicted octanol–water partition coefficient (Wildman–Crippen LogP) is 5.86. The number of hydrogen-bond acceptors (Lipinski definition) is 4. The number of ether oxygens (including phenoxy) is 1.